The van der Waals surface area contributed by atoms with E-state index in [2.05, 4.69) is 10.4 Å². The molecular formula is C21H22N4O5. The number of ether oxygens (including phenoxy) is 2. The van der Waals surface area contributed by atoms with Crippen LogP contribution in [0.25, 0.3) is 5.69 Å². The van der Waals surface area contributed by atoms with Crippen molar-refractivity contribution in [1.29, 1.82) is 0 Å². The molecule has 1 atom stereocenters. The third-order valence-corrected chi connectivity index (χ3v) is 5.01. The SMILES string of the molecule is Cc1cc(C(=O)NC(C(=O)O)c2ccn(C)n2)c(C)n1-c1ccc2c(c1)OCCO2. The molecule has 1 unspecified atom stereocenters. The van der Waals surface area contributed by atoms with Crippen LogP contribution in [0.15, 0.2) is 36.5 Å². The Morgan fingerprint density at radius 2 is 1.87 bits per heavy atom. The molecule has 3 aromatic rings. The van der Waals surface area contributed by atoms with Crippen LogP contribution in [0.1, 0.15) is 33.5 Å². The first kappa shape index (κ1) is 19.6. The summed E-state index contributed by atoms with van der Waals surface area (Å²) < 4.78 is 14.6. The maximum absolute atomic E-state index is 12.9. The van der Waals surface area contributed by atoms with E-state index >= 15 is 0 Å². The highest BCUT2D eigenvalue weighted by Gasteiger charge is 2.27. The maximum atomic E-state index is 12.9. The molecule has 9 nitrogen and oxygen atoms in total. The summed E-state index contributed by atoms with van der Waals surface area (Å²) in [5.74, 6) is -0.323. The molecule has 2 N–H and O–H groups in total. The fourth-order valence-electron chi connectivity index (χ4n) is 3.62. The van der Waals surface area contributed by atoms with Crippen LogP contribution in [-0.2, 0) is 11.8 Å². The van der Waals surface area contributed by atoms with Crippen LogP contribution in [0, 0.1) is 13.8 Å². The number of carboxylic acid groups (broad SMARTS) is 1. The van der Waals surface area contributed by atoms with Gasteiger partial charge in [-0.3, -0.25) is 9.48 Å². The number of hydrogen-bond acceptors (Lipinski definition) is 5. The number of amides is 1. The van der Waals surface area contributed by atoms with Crippen molar-refractivity contribution < 1.29 is 24.2 Å². The van der Waals surface area contributed by atoms with Crippen LogP contribution in [0.2, 0.25) is 0 Å². The number of aryl methyl sites for hydroxylation is 2. The third-order valence-electron chi connectivity index (χ3n) is 5.01. The molecule has 0 aliphatic carbocycles. The van der Waals surface area contributed by atoms with Gasteiger partial charge >= 0.3 is 5.97 Å². The number of aliphatic carboxylic acids is 1. The summed E-state index contributed by atoms with van der Waals surface area (Å²) in [6.45, 7) is 4.69. The van der Waals surface area contributed by atoms with E-state index in [1.807, 2.05) is 36.6 Å². The Balaban J connectivity index is 1.64. The summed E-state index contributed by atoms with van der Waals surface area (Å²) in [4.78, 5) is 24.6. The molecule has 0 saturated carbocycles. The first-order valence-corrected chi connectivity index (χ1v) is 9.47. The second kappa shape index (κ2) is 7.58. The fourth-order valence-corrected chi connectivity index (χ4v) is 3.62. The third kappa shape index (κ3) is 3.49. The van der Waals surface area contributed by atoms with Gasteiger partial charge in [0, 0.05) is 36.4 Å². The van der Waals surface area contributed by atoms with Gasteiger partial charge in [-0.05, 0) is 38.1 Å². The van der Waals surface area contributed by atoms with E-state index in [-0.39, 0.29) is 5.69 Å². The summed E-state index contributed by atoms with van der Waals surface area (Å²) in [5.41, 5.74) is 3.00. The van der Waals surface area contributed by atoms with Crippen molar-refractivity contribution in [1.82, 2.24) is 19.7 Å². The van der Waals surface area contributed by atoms with E-state index in [4.69, 9.17) is 9.47 Å². The van der Waals surface area contributed by atoms with E-state index in [9.17, 15) is 14.7 Å². The number of benzene rings is 1. The first-order chi connectivity index (χ1) is 14.3. The molecule has 9 heteroatoms. The lowest BCUT2D eigenvalue weighted by molar-refractivity contribution is -0.139. The highest BCUT2D eigenvalue weighted by molar-refractivity contribution is 5.98. The molecule has 2 aromatic heterocycles. The molecule has 3 heterocycles. The van der Waals surface area contributed by atoms with E-state index in [0.717, 1.165) is 11.4 Å². The van der Waals surface area contributed by atoms with Crippen LogP contribution in [0.5, 0.6) is 11.5 Å². The molecule has 0 saturated heterocycles. The monoisotopic (exact) mass is 410 g/mol. The minimum absolute atomic E-state index is 0.263. The summed E-state index contributed by atoms with van der Waals surface area (Å²) in [7, 11) is 1.69. The van der Waals surface area contributed by atoms with Crippen LogP contribution >= 0.6 is 0 Å². The van der Waals surface area contributed by atoms with E-state index < -0.39 is 17.9 Å². The second-order valence-corrected chi connectivity index (χ2v) is 7.11. The Bertz CT molecular complexity index is 1130. The lowest BCUT2D eigenvalue weighted by atomic mass is 10.1. The largest absolute Gasteiger partial charge is 0.486 e. The van der Waals surface area contributed by atoms with Gasteiger partial charge in [0.2, 0.25) is 0 Å². The topological polar surface area (TPSA) is 108 Å². The number of carboxylic acids is 1. The van der Waals surface area contributed by atoms with Gasteiger partial charge in [-0.15, -0.1) is 0 Å². The molecule has 156 valence electrons. The Hall–Kier alpha value is -3.75. The van der Waals surface area contributed by atoms with Crippen molar-refractivity contribution in [3.05, 3.63) is 59.2 Å². The van der Waals surface area contributed by atoms with Crippen molar-refractivity contribution in [3.8, 4) is 17.2 Å². The Morgan fingerprint density at radius 1 is 1.13 bits per heavy atom. The molecule has 0 radical (unpaired) electrons. The molecule has 1 aromatic carbocycles. The molecule has 1 aliphatic heterocycles. The second-order valence-electron chi connectivity index (χ2n) is 7.11. The van der Waals surface area contributed by atoms with E-state index in [1.54, 1.807) is 25.4 Å². The smallest absolute Gasteiger partial charge is 0.332 e. The van der Waals surface area contributed by atoms with E-state index in [0.29, 0.717) is 36.0 Å². The van der Waals surface area contributed by atoms with E-state index in [1.165, 1.54) is 4.68 Å². The summed E-state index contributed by atoms with van der Waals surface area (Å²) in [6, 6.07) is 7.66. The van der Waals surface area contributed by atoms with Gasteiger partial charge in [0.25, 0.3) is 5.91 Å². The van der Waals surface area contributed by atoms with Crippen molar-refractivity contribution in [3.63, 3.8) is 0 Å². The zero-order valence-corrected chi connectivity index (χ0v) is 16.9. The summed E-state index contributed by atoms with van der Waals surface area (Å²) in [6.07, 6.45) is 1.63. The van der Waals surface area contributed by atoms with Gasteiger partial charge in [0.1, 0.15) is 13.2 Å². The molecule has 1 aliphatic rings. The van der Waals surface area contributed by atoms with Crippen molar-refractivity contribution in [2.75, 3.05) is 13.2 Å². The number of hydrogen-bond donors (Lipinski definition) is 2. The molecule has 0 spiro atoms. The van der Waals surface area contributed by atoms with Gasteiger partial charge in [0.05, 0.1) is 11.3 Å². The summed E-state index contributed by atoms with van der Waals surface area (Å²) >= 11 is 0. The predicted molar refractivity (Wildman–Crippen MR) is 107 cm³/mol. The van der Waals surface area contributed by atoms with Gasteiger partial charge in [-0.25, -0.2) is 4.79 Å². The van der Waals surface area contributed by atoms with Crippen molar-refractivity contribution >= 4 is 11.9 Å². The quantitative estimate of drug-likeness (QED) is 0.667. The zero-order chi connectivity index (χ0) is 21.4. The van der Waals surface area contributed by atoms with Crippen LogP contribution in [0.4, 0.5) is 0 Å². The van der Waals surface area contributed by atoms with Crippen molar-refractivity contribution in [2.24, 2.45) is 7.05 Å². The number of fused-ring (bicyclic) bond motifs is 1. The Morgan fingerprint density at radius 3 is 2.53 bits per heavy atom. The lowest BCUT2D eigenvalue weighted by Crippen LogP contribution is -2.34. The highest BCUT2D eigenvalue weighted by Crippen LogP contribution is 2.33. The number of carbonyl (C=O) groups excluding carboxylic acids is 1. The molecule has 0 fully saturated rings. The highest BCUT2D eigenvalue weighted by atomic mass is 16.6. The number of carbonyl (C=O) groups is 2. The Labute approximate surface area is 172 Å². The minimum atomic E-state index is -1.24. The van der Waals surface area contributed by atoms with Crippen LogP contribution in [0.3, 0.4) is 0 Å². The molecule has 1 amide bonds. The normalized spacial score (nSPS) is 13.7. The Kier molecular flexibility index (Phi) is 4.94. The van der Waals surface area contributed by atoms with Gasteiger partial charge in [-0.1, -0.05) is 0 Å². The molecule has 0 bridgehead atoms. The zero-order valence-electron chi connectivity index (χ0n) is 16.9. The molecule has 4 rings (SSSR count). The average Bonchev–Trinajstić information content (AvgIpc) is 3.28. The maximum Gasteiger partial charge on any atom is 0.332 e. The number of rotatable bonds is 5. The number of nitrogens with zero attached hydrogens (tertiary/aromatic N) is 3. The molecular weight excluding hydrogens is 388 g/mol. The fraction of sp³-hybridized carbons (Fsp3) is 0.286. The van der Waals surface area contributed by atoms with Gasteiger partial charge in [0.15, 0.2) is 17.5 Å². The van der Waals surface area contributed by atoms with Gasteiger partial charge < -0.3 is 24.5 Å². The van der Waals surface area contributed by atoms with Gasteiger partial charge in [-0.2, -0.15) is 5.10 Å². The minimum Gasteiger partial charge on any atom is -0.486 e. The summed E-state index contributed by atoms with van der Waals surface area (Å²) in [5, 5.41) is 16.2. The van der Waals surface area contributed by atoms with Crippen molar-refractivity contribution in [2.45, 2.75) is 19.9 Å². The number of aromatic nitrogens is 3. The standard InChI is InChI=1S/C21H22N4O5/c1-12-10-15(20(26)22-19(21(27)28)16-6-7-24(3)23-16)13(2)25(12)14-4-5-17-18(11-14)30-9-8-29-17/h4-7,10-11,19H,8-9H2,1-3H3,(H,22,26)(H,27,28). The lowest BCUT2D eigenvalue weighted by Gasteiger charge is -2.20. The first-order valence-electron chi connectivity index (χ1n) is 9.47. The van der Waals surface area contributed by atoms with Crippen LogP contribution in [-0.4, -0.2) is 44.5 Å². The number of nitrogens with one attached hydrogen (secondary N) is 1. The molecule has 30 heavy (non-hydrogen) atoms. The average molecular weight is 410 g/mol. The van der Waals surface area contributed by atoms with Crippen LogP contribution < -0.4 is 14.8 Å². The predicted octanol–water partition coefficient (Wildman–Crippen LogP) is 2.15.